The molecule has 0 aliphatic rings. The van der Waals surface area contributed by atoms with Gasteiger partial charge in [0.1, 0.15) is 17.6 Å². The van der Waals surface area contributed by atoms with Crippen LogP contribution in [-0.4, -0.2) is 37.9 Å². The molecule has 0 fully saturated rings. The van der Waals surface area contributed by atoms with Crippen LogP contribution in [0.1, 0.15) is 33.3 Å². The van der Waals surface area contributed by atoms with Crippen molar-refractivity contribution in [3.63, 3.8) is 0 Å². The van der Waals surface area contributed by atoms with Gasteiger partial charge < -0.3 is 10.1 Å². The Morgan fingerprint density at radius 3 is 2.70 bits per heavy atom. The van der Waals surface area contributed by atoms with Crippen molar-refractivity contribution in [2.45, 2.75) is 39.3 Å². The van der Waals surface area contributed by atoms with Crippen LogP contribution in [-0.2, 0) is 4.74 Å². The molecule has 27 heavy (non-hydrogen) atoms. The first-order valence-electron chi connectivity index (χ1n) is 8.73. The number of aromatic amines is 1. The van der Waals surface area contributed by atoms with Crippen LogP contribution >= 0.6 is 0 Å². The zero-order valence-corrected chi connectivity index (χ0v) is 15.9. The summed E-state index contributed by atoms with van der Waals surface area (Å²) in [7, 11) is 0. The highest BCUT2D eigenvalue weighted by molar-refractivity contribution is 5.93. The lowest BCUT2D eigenvalue weighted by atomic mass is 10.1. The molecule has 7 nitrogen and oxygen atoms in total. The molecule has 0 bridgehead atoms. The summed E-state index contributed by atoms with van der Waals surface area (Å²) in [6, 6.07) is 5.84. The van der Waals surface area contributed by atoms with Crippen LogP contribution in [0.5, 0.6) is 0 Å². The second kappa shape index (κ2) is 7.57. The highest BCUT2D eigenvalue weighted by Crippen LogP contribution is 2.26. The first-order valence-corrected chi connectivity index (χ1v) is 8.73. The normalized spacial score (nSPS) is 13.0. The van der Waals surface area contributed by atoms with Gasteiger partial charge in [0.15, 0.2) is 0 Å². The van der Waals surface area contributed by atoms with Crippen LogP contribution in [0, 0.1) is 0 Å². The summed E-state index contributed by atoms with van der Waals surface area (Å²) in [5.74, 6) is 0. The zero-order chi connectivity index (χ0) is 19.4. The summed E-state index contributed by atoms with van der Waals surface area (Å²) in [4.78, 5) is 19.9. The predicted octanol–water partition coefficient (Wildman–Crippen LogP) is 3.95. The summed E-state index contributed by atoms with van der Waals surface area (Å²) in [5, 5.41) is 11.2. The third-order valence-electron chi connectivity index (χ3n) is 3.74. The number of amides is 1. The molecule has 2 N–H and O–H groups in total. The number of ether oxygens (including phenoxy) is 1. The van der Waals surface area contributed by atoms with Gasteiger partial charge in [-0.05, 0) is 45.4 Å². The number of carbonyl (C=O) groups excluding carboxylic acids is 1. The van der Waals surface area contributed by atoms with Crippen LogP contribution in [0.25, 0.3) is 28.2 Å². The van der Waals surface area contributed by atoms with E-state index in [1.54, 1.807) is 12.4 Å². The quantitative estimate of drug-likeness (QED) is 0.730. The molecule has 0 radical (unpaired) electrons. The molecule has 0 saturated heterocycles. The monoisotopic (exact) mass is 365 g/mol. The molecule has 7 heteroatoms. The molecule has 0 aliphatic heterocycles. The van der Waals surface area contributed by atoms with E-state index >= 15 is 0 Å². The van der Waals surface area contributed by atoms with Crippen LogP contribution in [0.2, 0.25) is 0 Å². The van der Waals surface area contributed by atoms with Crippen molar-refractivity contribution in [3.8, 4) is 11.3 Å². The number of rotatable bonds is 4. The van der Waals surface area contributed by atoms with E-state index in [0.29, 0.717) is 0 Å². The molecule has 1 atom stereocenters. The lowest BCUT2D eigenvalue weighted by molar-refractivity contribution is 0.0518. The van der Waals surface area contributed by atoms with Crippen LogP contribution in [0.15, 0.2) is 43.0 Å². The molecule has 2 heterocycles. The van der Waals surface area contributed by atoms with Crippen molar-refractivity contribution in [1.82, 2.24) is 25.5 Å². The Kier molecular flexibility index (Phi) is 5.21. The minimum atomic E-state index is -0.516. The molecule has 0 unspecified atom stereocenters. The molecule has 3 rings (SSSR count). The summed E-state index contributed by atoms with van der Waals surface area (Å²) >= 11 is 0. The van der Waals surface area contributed by atoms with Gasteiger partial charge in [-0.25, -0.2) is 14.8 Å². The number of nitrogens with zero attached hydrogens (tertiary/aromatic N) is 3. The molecule has 1 aromatic carbocycles. The molecular formula is C20H23N5O2. The van der Waals surface area contributed by atoms with Crippen molar-refractivity contribution in [1.29, 1.82) is 0 Å². The fraction of sp³-hybridized carbons (Fsp3) is 0.300. The summed E-state index contributed by atoms with van der Waals surface area (Å²) in [5.41, 5.74) is 3.08. The number of alkyl carbamates (subject to hydrolysis) is 1. The third kappa shape index (κ3) is 4.91. The van der Waals surface area contributed by atoms with Crippen molar-refractivity contribution in [2.75, 3.05) is 0 Å². The van der Waals surface area contributed by atoms with E-state index in [0.717, 1.165) is 27.7 Å². The van der Waals surface area contributed by atoms with Gasteiger partial charge in [0.2, 0.25) is 0 Å². The number of hydrogen-bond acceptors (Lipinski definition) is 5. The molecule has 3 aromatic rings. The maximum Gasteiger partial charge on any atom is 0.408 e. The molecule has 1 amide bonds. The van der Waals surface area contributed by atoms with Crippen molar-refractivity contribution >= 4 is 23.1 Å². The maximum absolute atomic E-state index is 11.8. The first kappa shape index (κ1) is 18.6. The zero-order valence-electron chi connectivity index (χ0n) is 15.9. The van der Waals surface area contributed by atoms with Crippen molar-refractivity contribution < 1.29 is 9.53 Å². The van der Waals surface area contributed by atoms with Gasteiger partial charge in [-0.1, -0.05) is 18.2 Å². The van der Waals surface area contributed by atoms with Gasteiger partial charge in [0.25, 0.3) is 0 Å². The fourth-order valence-electron chi connectivity index (χ4n) is 2.57. The summed E-state index contributed by atoms with van der Waals surface area (Å²) in [6.45, 7) is 7.40. The lowest BCUT2D eigenvalue weighted by Crippen LogP contribution is -2.36. The van der Waals surface area contributed by atoms with Gasteiger partial charge >= 0.3 is 6.09 Å². The number of fused-ring (bicyclic) bond motifs is 1. The molecule has 0 saturated carbocycles. The Hall–Kier alpha value is -3.22. The molecule has 0 spiro atoms. The second-order valence-corrected chi connectivity index (χ2v) is 7.30. The molecule has 0 aliphatic carbocycles. The predicted molar refractivity (Wildman–Crippen MR) is 105 cm³/mol. The Morgan fingerprint density at radius 1 is 1.26 bits per heavy atom. The Balaban J connectivity index is 1.75. The number of nitrogens with one attached hydrogen (secondary N) is 2. The Morgan fingerprint density at radius 2 is 2.00 bits per heavy atom. The summed E-state index contributed by atoms with van der Waals surface area (Å²) < 4.78 is 5.26. The van der Waals surface area contributed by atoms with E-state index in [1.165, 1.54) is 6.33 Å². The highest BCUT2D eigenvalue weighted by Gasteiger charge is 2.16. The van der Waals surface area contributed by atoms with Gasteiger partial charge in [-0.2, -0.15) is 5.10 Å². The third-order valence-corrected chi connectivity index (χ3v) is 3.74. The van der Waals surface area contributed by atoms with Crippen LogP contribution < -0.4 is 5.32 Å². The lowest BCUT2D eigenvalue weighted by Gasteiger charge is -2.20. The van der Waals surface area contributed by atoms with Gasteiger partial charge in [-0.15, -0.1) is 0 Å². The number of benzene rings is 1. The standard InChI is InChI=1S/C20H23N5O2/c1-13(23-19(26)27-20(2,3)4)5-6-14-7-8-17-16(9-14)18(25-24-17)15-10-21-12-22-11-15/h5-13H,1-4H3,(H,23,26)(H,24,25)/t13-/m0/s1. The first-order chi connectivity index (χ1) is 12.8. The average molecular weight is 365 g/mol. The van der Waals surface area contributed by atoms with Gasteiger partial charge in [0.05, 0.1) is 5.52 Å². The van der Waals surface area contributed by atoms with Crippen molar-refractivity contribution in [3.05, 3.63) is 48.6 Å². The molecule has 2 aromatic heterocycles. The fourth-order valence-corrected chi connectivity index (χ4v) is 2.57. The maximum atomic E-state index is 11.8. The average Bonchev–Trinajstić information content (AvgIpc) is 3.02. The highest BCUT2D eigenvalue weighted by atomic mass is 16.6. The minimum absolute atomic E-state index is 0.165. The van der Waals surface area contributed by atoms with Gasteiger partial charge in [-0.3, -0.25) is 5.10 Å². The van der Waals surface area contributed by atoms with Gasteiger partial charge in [0, 0.05) is 29.4 Å². The number of H-pyrrole nitrogens is 1. The largest absolute Gasteiger partial charge is 0.444 e. The van der Waals surface area contributed by atoms with Crippen LogP contribution in [0.4, 0.5) is 4.79 Å². The number of carbonyl (C=O) groups is 1. The Bertz CT molecular complexity index is 957. The smallest absolute Gasteiger partial charge is 0.408 e. The molecule has 140 valence electrons. The SMILES string of the molecule is C[C@@H](C=Cc1ccc2[nH]nc(-c3cncnc3)c2c1)NC(=O)OC(C)(C)C. The van der Waals surface area contributed by atoms with E-state index < -0.39 is 11.7 Å². The Labute approximate surface area is 157 Å². The van der Waals surface area contributed by atoms with E-state index in [2.05, 4.69) is 25.5 Å². The van der Waals surface area contributed by atoms with Crippen molar-refractivity contribution in [2.24, 2.45) is 0 Å². The van der Waals surface area contributed by atoms with E-state index in [-0.39, 0.29) is 6.04 Å². The number of aromatic nitrogens is 4. The molecular weight excluding hydrogens is 342 g/mol. The topological polar surface area (TPSA) is 92.8 Å². The minimum Gasteiger partial charge on any atom is -0.444 e. The van der Waals surface area contributed by atoms with Crippen LogP contribution in [0.3, 0.4) is 0 Å². The van der Waals surface area contributed by atoms with E-state index in [4.69, 9.17) is 4.74 Å². The summed E-state index contributed by atoms with van der Waals surface area (Å²) in [6.07, 6.45) is 8.40. The van der Waals surface area contributed by atoms with E-state index in [9.17, 15) is 4.79 Å². The number of hydrogen-bond donors (Lipinski definition) is 2. The second-order valence-electron chi connectivity index (χ2n) is 7.30. The van der Waals surface area contributed by atoms with E-state index in [1.807, 2.05) is 58.0 Å².